The van der Waals surface area contributed by atoms with Gasteiger partial charge in [0.25, 0.3) is 5.91 Å². The van der Waals surface area contributed by atoms with Crippen LogP contribution >= 0.6 is 0 Å². The van der Waals surface area contributed by atoms with Gasteiger partial charge < -0.3 is 19.5 Å². The Hall–Kier alpha value is -4.34. The number of pyridine rings is 1. The van der Waals surface area contributed by atoms with E-state index in [0.717, 1.165) is 5.56 Å². The average molecular weight is 525 g/mol. The number of nitrogens with zero attached hydrogens (tertiary/aromatic N) is 1. The monoisotopic (exact) mass is 524 g/mol. The highest BCUT2D eigenvalue weighted by Gasteiger charge is 2.38. The summed E-state index contributed by atoms with van der Waals surface area (Å²) in [6.07, 6.45) is 0.906. The minimum atomic E-state index is -1.11. The van der Waals surface area contributed by atoms with Gasteiger partial charge in [-0.15, -0.1) is 0 Å². The van der Waals surface area contributed by atoms with E-state index in [-0.39, 0.29) is 30.0 Å². The minimum absolute atomic E-state index is 0.0603. The molecule has 0 bridgehead atoms. The highest BCUT2D eigenvalue weighted by Crippen LogP contribution is 2.40. The molecule has 1 aliphatic carbocycles. The molecule has 38 heavy (non-hydrogen) atoms. The van der Waals surface area contributed by atoms with Gasteiger partial charge in [-0.05, 0) is 47.9 Å². The predicted molar refractivity (Wildman–Crippen MR) is 132 cm³/mol. The molecule has 1 N–H and O–H groups in total. The van der Waals surface area contributed by atoms with Gasteiger partial charge in [0.05, 0.1) is 7.11 Å². The SMILES string of the molecule is CCC(=O)Oc1c(OC)ccnc1C(=O)N[C@@H](C)C(=O)OC1Cc2cc(F)ccc2C1c1ccc(F)cc1. The number of hydrogen-bond donors (Lipinski definition) is 1. The molecule has 2 unspecified atom stereocenters. The molecule has 198 valence electrons. The van der Waals surface area contributed by atoms with Crippen LogP contribution in [0.5, 0.6) is 11.5 Å². The van der Waals surface area contributed by atoms with E-state index in [0.29, 0.717) is 11.1 Å². The Morgan fingerprint density at radius 1 is 1.08 bits per heavy atom. The zero-order chi connectivity index (χ0) is 27.4. The number of halogens is 2. The number of amides is 1. The molecule has 0 fully saturated rings. The van der Waals surface area contributed by atoms with E-state index in [1.165, 1.54) is 50.6 Å². The van der Waals surface area contributed by atoms with Gasteiger partial charge in [-0.1, -0.05) is 25.1 Å². The zero-order valence-corrected chi connectivity index (χ0v) is 21.0. The maximum atomic E-state index is 13.9. The molecule has 3 atom stereocenters. The number of aromatic nitrogens is 1. The van der Waals surface area contributed by atoms with Crippen molar-refractivity contribution in [3.63, 3.8) is 0 Å². The summed E-state index contributed by atoms with van der Waals surface area (Å²) >= 11 is 0. The summed E-state index contributed by atoms with van der Waals surface area (Å²) in [4.78, 5) is 41.9. The fraction of sp³-hybridized carbons (Fsp3) is 0.286. The average Bonchev–Trinajstić information content (AvgIpc) is 3.25. The second kappa shape index (κ2) is 11.4. The van der Waals surface area contributed by atoms with E-state index in [1.54, 1.807) is 25.1 Å². The topological polar surface area (TPSA) is 104 Å². The van der Waals surface area contributed by atoms with Crippen LogP contribution in [0.2, 0.25) is 0 Å². The van der Waals surface area contributed by atoms with Gasteiger partial charge in [-0.2, -0.15) is 0 Å². The van der Waals surface area contributed by atoms with Crippen molar-refractivity contribution in [3.8, 4) is 11.5 Å². The van der Waals surface area contributed by atoms with Crippen LogP contribution in [-0.2, 0) is 20.7 Å². The smallest absolute Gasteiger partial charge is 0.328 e. The molecule has 1 aromatic heterocycles. The molecule has 0 saturated carbocycles. The van der Waals surface area contributed by atoms with Gasteiger partial charge in [0.15, 0.2) is 11.4 Å². The van der Waals surface area contributed by atoms with Gasteiger partial charge in [0, 0.05) is 31.0 Å². The number of ether oxygens (including phenoxy) is 3. The number of nitrogens with one attached hydrogen (secondary N) is 1. The number of methoxy groups -OCH3 is 1. The number of carbonyl (C=O) groups is 3. The van der Waals surface area contributed by atoms with Crippen LogP contribution in [0, 0.1) is 11.6 Å². The fourth-order valence-electron chi connectivity index (χ4n) is 4.38. The first-order valence-electron chi connectivity index (χ1n) is 12.0. The van der Waals surface area contributed by atoms with Crippen molar-refractivity contribution in [1.82, 2.24) is 10.3 Å². The molecule has 8 nitrogen and oxygen atoms in total. The Morgan fingerprint density at radius 2 is 1.79 bits per heavy atom. The van der Waals surface area contributed by atoms with Gasteiger partial charge in [-0.25, -0.2) is 18.6 Å². The molecule has 0 aliphatic heterocycles. The van der Waals surface area contributed by atoms with Crippen LogP contribution in [0.3, 0.4) is 0 Å². The lowest BCUT2D eigenvalue weighted by Crippen LogP contribution is -2.42. The Bertz CT molecular complexity index is 1360. The first kappa shape index (κ1) is 26.7. The maximum Gasteiger partial charge on any atom is 0.328 e. The van der Waals surface area contributed by atoms with Crippen molar-refractivity contribution in [2.45, 2.75) is 44.8 Å². The summed E-state index contributed by atoms with van der Waals surface area (Å²) in [6, 6.07) is 10.5. The quantitative estimate of drug-likeness (QED) is 0.443. The number of carbonyl (C=O) groups excluding carboxylic acids is 3. The maximum absolute atomic E-state index is 13.9. The number of benzene rings is 2. The molecule has 0 radical (unpaired) electrons. The summed E-state index contributed by atoms with van der Waals surface area (Å²) < 4.78 is 43.7. The van der Waals surface area contributed by atoms with Crippen LogP contribution in [0.1, 0.15) is 53.4 Å². The Morgan fingerprint density at radius 3 is 2.47 bits per heavy atom. The lowest BCUT2D eigenvalue weighted by molar-refractivity contribution is -0.151. The van der Waals surface area contributed by atoms with Crippen molar-refractivity contribution in [2.24, 2.45) is 0 Å². The molecule has 0 saturated heterocycles. The summed E-state index contributed by atoms with van der Waals surface area (Å²) in [6.45, 7) is 3.03. The van der Waals surface area contributed by atoms with Crippen LogP contribution < -0.4 is 14.8 Å². The van der Waals surface area contributed by atoms with E-state index >= 15 is 0 Å². The first-order chi connectivity index (χ1) is 18.2. The van der Waals surface area contributed by atoms with Crippen LogP contribution in [-0.4, -0.2) is 42.1 Å². The van der Waals surface area contributed by atoms with Crippen LogP contribution in [0.4, 0.5) is 8.78 Å². The third kappa shape index (κ3) is 5.64. The fourth-order valence-corrected chi connectivity index (χ4v) is 4.38. The number of rotatable bonds is 8. The largest absolute Gasteiger partial charge is 0.493 e. The van der Waals surface area contributed by atoms with Crippen LogP contribution in [0.25, 0.3) is 0 Å². The number of esters is 2. The Kier molecular flexibility index (Phi) is 7.99. The van der Waals surface area contributed by atoms with Crippen molar-refractivity contribution < 1.29 is 37.4 Å². The molecule has 1 heterocycles. The van der Waals surface area contributed by atoms with Crippen molar-refractivity contribution in [1.29, 1.82) is 0 Å². The minimum Gasteiger partial charge on any atom is -0.493 e. The molecule has 3 aromatic rings. The van der Waals surface area contributed by atoms with E-state index in [2.05, 4.69) is 10.3 Å². The molecule has 1 amide bonds. The standard InChI is InChI=1S/C28H26F2N2O6/c1-4-23(33)38-26-21(36-3)11-12-31-25(26)27(34)32-15(2)28(35)37-22-14-17-13-19(30)9-10-20(17)24(22)16-5-7-18(29)8-6-16/h5-13,15,22,24H,4,14H2,1-3H3,(H,32,34)/t15-,22?,24?/m0/s1. The van der Waals surface area contributed by atoms with E-state index in [4.69, 9.17) is 14.2 Å². The molecule has 10 heteroatoms. The van der Waals surface area contributed by atoms with Gasteiger partial charge >= 0.3 is 11.9 Å². The first-order valence-corrected chi connectivity index (χ1v) is 12.0. The molecule has 4 rings (SSSR count). The van der Waals surface area contributed by atoms with E-state index < -0.39 is 47.5 Å². The summed E-state index contributed by atoms with van der Waals surface area (Å²) in [5.74, 6) is -3.42. The Labute approximate surface area is 217 Å². The normalized spacial score (nSPS) is 16.8. The highest BCUT2D eigenvalue weighted by molar-refractivity contribution is 5.98. The number of fused-ring (bicyclic) bond motifs is 1. The molecular weight excluding hydrogens is 498 g/mol. The molecule has 2 aromatic carbocycles. The molecule has 1 aliphatic rings. The summed E-state index contributed by atoms with van der Waals surface area (Å²) in [7, 11) is 1.35. The van der Waals surface area contributed by atoms with Gasteiger partial charge in [0.2, 0.25) is 5.75 Å². The second-order valence-corrected chi connectivity index (χ2v) is 8.77. The van der Waals surface area contributed by atoms with E-state index in [1.807, 2.05) is 0 Å². The third-order valence-corrected chi connectivity index (χ3v) is 6.24. The third-order valence-electron chi connectivity index (χ3n) is 6.24. The van der Waals surface area contributed by atoms with E-state index in [9.17, 15) is 23.2 Å². The second-order valence-electron chi connectivity index (χ2n) is 8.77. The van der Waals surface area contributed by atoms with Crippen LogP contribution in [0.15, 0.2) is 54.7 Å². The lowest BCUT2D eigenvalue weighted by Gasteiger charge is -2.23. The number of hydrogen-bond acceptors (Lipinski definition) is 7. The van der Waals surface area contributed by atoms with Gasteiger partial charge in [-0.3, -0.25) is 9.59 Å². The lowest BCUT2D eigenvalue weighted by atomic mass is 9.91. The van der Waals surface area contributed by atoms with Crippen molar-refractivity contribution in [3.05, 3.63) is 88.7 Å². The molecular formula is C28H26F2N2O6. The van der Waals surface area contributed by atoms with Crippen molar-refractivity contribution in [2.75, 3.05) is 7.11 Å². The summed E-state index contributed by atoms with van der Waals surface area (Å²) in [5.41, 5.74) is 1.92. The predicted octanol–water partition coefficient (Wildman–Crippen LogP) is 4.10. The molecule has 0 spiro atoms. The van der Waals surface area contributed by atoms with Gasteiger partial charge in [0.1, 0.15) is 23.8 Å². The Balaban J connectivity index is 1.52. The zero-order valence-electron chi connectivity index (χ0n) is 21.0. The van der Waals surface area contributed by atoms with Crippen molar-refractivity contribution >= 4 is 17.8 Å². The highest BCUT2D eigenvalue weighted by atomic mass is 19.1. The summed E-state index contributed by atoms with van der Waals surface area (Å²) in [5, 5.41) is 2.51.